The lowest BCUT2D eigenvalue weighted by Crippen LogP contribution is -2.11. The molecular formula is C20H15F2NO. The van der Waals surface area contributed by atoms with Crippen LogP contribution >= 0.6 is 0 Å². The average Bonchev–Trinajstić information content (AvgIpc) is 2.62. The number of hydrogen-bond acceptors (Lipinski definition) is 2. The summed E-state index contributed by atoms with van der Waals surface area (Å²) in [5.41, 5.74) is 0.496. The Morgan fingerprint density at radius 3 is 2.29 bits per heavy atom. The Balaban J connectivity index is 1.94. The van der Waals surface area contributed by atoms with Gasteiger partial charge < -0.3 is 5.32 Å². The molecule has 3 aromatic rings. The summed E-state index contributed by atoms with van der Waals surface area (Å²) in [6.45, 7) is 0. The number of rotatable bonds is 5. The van der Waals surface area contributed by atoms with Gasteiger partial charge in [0.15, 0.2) is 5.78 Å². The van der Waals surface area contributed by atoms with Crippen molar-refractivity contribution >= 4 is 22.2 Å². The fourth-order valence-corrected chi connectivity index (χ4v) is 2.47. The van der Waals surface area contributed by atoms with Crippen LogP contribution in [0, 0.1) is 0 Å². The van der Waals surface area contributed by atoms with Crippen molar-refractivity contribution in [1.29, 1.82) is 0 Å². The van der Waals surface area contributed by atoms with Crippen LogP contribution in [0.1, 0.15) is 10.4 Å². The maximum absolute atomic E-state index is 13.4. The third-order valence-electron chi connectivity index (χ3n) is 3.65. The molecule has 0 unspecified atom stereocenters. The van der Waals surface area contributed by atoms with E-state index in [0.29, 0.717) is 11.3 Å². The number of alkyl halides is 2. The molecule has 3 rings (SSSR count). The van der Waals surface area contributed by atoms with Gasteiger partial charge in [0.05, 0.1) is 5.70 Å². The zero-order valence-electron chi connectivity index (χ0n) is 12.7. The molecule has 1 N–H and O–H groups in total. The summed E-state index contributed by atoms with van der Waals surface area (Å²) in [6.07, 6.45) is -1.82. The normalized spacial score (nSPS) is 11.7. The number of hydrogen-bond donors (Lipinski definition) is 1. The zero-order valence-corrected chi connectivity index (χ0v) is 12.7. The van der Waals surface area contributed by atoms with E-state index in [9.17, 15) is 13.6 Å². The molecule has 0 bridgehead atoms. The van der Waals surface area contributed by atoms with Gasteiger partial charge in [-0.05, 0) is 11.5 Å². The first kappa shape index (κ1) is 15.9. The van der Waals surface area contributed by atoms with Crippen molar-refractivity contribution in [1.82, 2.24) is 0 Å². The highest BCUT2D eigenvalue weighted by Crippen LogP contribution is 2.25. The van der Waals surface area contributed by atoms with Crippen LogP contribution in [0.3, 0.4) is 0 Å². The van der Waals surface area contributed by atoms with E-state index in [0.717, 1.165) is 16.8 Å². The molecule has 0 atom stereocenters. The van der Waals surface area contributed by atoms with E-state index < -0.39 is 17.9 Å². The van der Waals surface area contributed by atoms with E-state index in [1.807, 2.05) is 30.3 Å². The molecule has 24 heavy (non-hydrogen) atoms. The number of allylic oxidation sites excluding steroid dienone is 2. The van der Waals surface area contributed by atoms with Crippen molar-refractivity contribution in [3.8, 4) is 0 Å². The third kappa shape index (κ3) is 3.49. The summed E-state index contributed by atoms with van der Waals surface area (Å²) < 4.78 is 26.8. The lowest BCUT2D eigenvalue weighted by molar-refractivity contribution is 0.104. The first-order chi connectivity index (χ1) is 11.6. The van der Waals surface area contributed by atoms with Crippen LogP contribution in [0.15, 0.2) is 84.6 Å². The second-order valence-electron chi connectivity index (χ2n) is 5.28. The monoisotopic (exact) mass is 323 g/mol. The summed E-state index contributed by atoms with van der Waals surface area (Å²) in [6, 6.07) is 21.2. The van der Waals surface area contributed by atoms with E-state index in [-0.39, 0.29) is 0 Å². The molecule has 120 valence electrons. The van der Waals surface area contributed by atoms with E-state index >= 15 is 0 Å². The Hall–Kier alpha value is -3.01. The molecule has 0 aliphatic heterocycles. The molecule has 0 aromatic heterocycles. The Morgan fingerprint density at radius 1 is 0.875 bits per heavy atom. The molecule has 0 saturated heterocycles. The van der Waals surface area contributed by atoms with Crippen molar-refractivity contribution < 1.29 is 13.6 Å². The number of nitrogens with one attached hydrogen (secondary N) is 1. The Morgan fingerprint density at radius 2 is 1.54 bits per heavy atom. The minimum Gasteiger partial charge on any atom is -0.354 e. The largest absolute Gasteiger partial charge is 0.354 e. The highest BCUT2D eigenvalue weighted by atomic mass is 19.3. The summed E-state index contributed by atoms with van der Waals surface area (Å²) in [5.74, 6) is -0.460. The number of halogens is 2. The van der Waals surface area contributed by atoms with Crippen LogP contribution in [-0.4, -0.2) is 12.2 Å². The number of carbonyl (C=O) groups is 1. The topological polar surface area (TPSA) is 29.1 Å². The molecule has 0 aliphatic rings. The smallest absolute Gasteiger partial charge is 0.278 e. The maximum atomic E-state index is 13.4. The van der Waals surface area contributed by atoms with Crippen molar-refractivity contribution in [3.05, 3.63) is 90.1 Å². The summed E-state index contributed by atoms with van der Waals surface area (Å²) in [5, 5.41) is 4.47. The molecule has 0 heterocycles. The quantitative estimate of drug-likeness (QED) is 0.511. The van der Waals surface area contributed by atoms with Gasteiger partial charge in [0.25, 0.3) is 6.43 Å². The minimum atomic E-state index is -2.78. The van der Waals surface area contributed by atoms with Gasteiger partial charge in [-0.3, -0.25) is 4.79 Å². The summed E-state index contributed by atoms with van der Waals surface area (Å²) in [4.78, 5) is 12.2. The Labute approximate surface area is 138 Å². The van der Waals surface area contributed by atoms with Gasteiger partial charge in [-0.1, -0.05) is 66.7 Å². The highest BCUT2D eigenvalue weighted by molar-refractivity contribution is 6.05. The van der Waals surface area contributed by atoms with Crippen molar-refractivity contribution in [2.75, 3.05) is 5.32 Å². The lowest BCUT2D eigenvalue weighted by atomic mass is 10.1. The van der Waals surface area contributed by atoms with Crippen molar-refractivity contribution in [2.24, 2.45) is 0 Å². The van der Waals surface area contributed by atoms with E-state index in [4.69, 9.17) is 0 Å². The number of anilines is 1. The predicted molar refractivity (Wildman–Crippen MR) is 92.4 cm³/mol. The standard InChI is InChI=1S/C20H15F2NO/c21-20(22)18(13-19(24)15-8-2-1-3-9-15)23-17-12-6-10-14-7-4-5-11-16(14)17/h1-13,20,23H/b18-13-. The molecule has 0 radical (unpaired) electrons. The summed E-state index contributed by atoms with van der Waals surface area (Å²) in [7, 11) is 0. The van der Waals surface area contributed by atoms with Gasteiger partial charge in [0, 0.05) is 22.7 Å². The minimum absolute atomic E-state index is 0.371. The molecular weight excluding hydrogens is 308 g/mol. The summed E-state index contributed by atoms with van der Waals surface area (Å²) >= 11 is 0. The van der Waals surface area contributed by atoms with Crippen LogP contribution in [-0.2, 0) is 0 Å². The van der Waals surface area contributed by atoms with Gasteiger partial charge in [0.2, 0.25) is 0 Å². The number of benzene rings is 3. The van der Waals surface area contributed by atoms with Crippen LogP contribution in [0.25, 0.3) is 10.8 Å². The Bertz CT molecular complexity index is 883. The molecule has 0 fully saturated rings. The van der Waals surface area contributed by atoms with Gasteiger partial charge in [0.1, 0.15) is 0 Å². The molecule has 4 heteroatoms. The van der Waals surface area contributed by atoms with Gasteiger partial charge in [-0.15, -0.1) is 0 Å². The Kier molecular flexibility index (Phi) is 4.66. The first-order valence-electron chi connectivity index (χ1n) is 7.49. The van der Waals surface area contributed by atoms with Gasteiger partial charge >= 0.3 is 0 Å². The third-order valence-corrected chi connectivity index (χ3v) is 3.65. The van der Waals surface area contributed by atoms with E-state index in [2.05, 4.69) is 5.32 Å². The molecule has 0 spiro atoms. The van der Waals surface area contributed by atoms with Gasteiger partial charge in [-0.2, -0.15) is 0 Å². The van der Waals surface area contributed by atoms with Crippen molar-refractivity contribution in [3.63, 3.8) is 0 Å². The molecule has 0 amide bonds. The zero-order chi connectivity index (χ0) is 16.9. The molecule has 0 aliphatic carbocycles. The fourth-order valence-electron chi connectivity index (χ4n) is 2.47. The molecule has 3 aromatic carbocycles. The molecule has 2 nitrogen and oxygen atoms in total. The average molecular weight is 323 g/mol. The van der Waals surface area contributed by atoms with E-state index in [1.54, 1.807) is 42.5 Å². The lowest BCUT2D eigenvalue weighted by Gasteiger charge is -2.12. The SMILES string of the molecule is O=C(/C=C(\Nc1cccc2ccccc12)C(F)F)c1ccccc1. The molecule has 0 saturated carbocycles. The number of carbonyl (C=O) groups excluding carboxylic acids is 1. The van der Waals surface area contributed by atoms with Crippen LogP contribution in [0.4, 0.5) is 14.5 Å². The first-order valence-corrected chi connectivity index (χ1v) is 7.49. The van der Waals surface area contributed by atoms with E-state index in [1.165, 1.54) is 0 Å². The van der Waals surface area contributed by atoms with Crippen LogP contribution in [0.5, 0.6) is 0 Å². The van der Waals surface area contributed by atoms with Crippen LogP contribution < -0.4 is 5.32 Å². The fraction of sp³-hybridized carbons (Fsp3) is 0.0500. The second kappa shape index (κ2) is 7.04. The van der Waals surface area contributed by atoms with Crippen LogP contribution in [0.2, 0.25) is 0 Å². The van der Waals surface area contributed by atoms with Gasteiger partial charge in [-0.25, -0.2) is 8.78 Å². The number of fused-ring (bicyclic) bond motifs is 1. The highest BCUT2D eigenvalue weighted by Gasteiger charge is 2.15. The second-order valence-corrected chi connectivity index (χ2v) is 5.28. The number of ketones is 1. The predicted octanol–water partition coefficient (Wildman–Crippen LogP) is 5.28. The maximum Gasteiger partial charge on any atom is 0.278 e. The van der Waals surface area contributed by atoms with Crippen molar-refractivity contribution in [2.45, 2.75) is 6.43 Å².